The first-order valence-electron chi connectivity index (χ1n) is 6.70. The van der Waals surface area contributed by atoms with E-state index < -0.39 is 17.3 Å². The molecule has 0 bridgehead atoms. The van der Waals surface area contributed by atoms with Crippen LogP contribution in [0.2, 0.25) is 0 Å². The number of hydrogen-bond acceptors (Lipinski definition) is 3. The second-order valence-electron chi connectivity index (χ2n) is 4.79. The molecule has 0 unspecified atom stereocenters. The lowest BCUT2D eigenvalue weighted by Gasteiger charge is -2.08. The van der Waals surface area contributed by atoms with Crippen LogP contribution < -0.4 is 10.9 Å². The van der Waals surface area contributed by atoms with E-state index in [9.17, 15) is 14.0 Å². The van der Waals surface area contributed by atoms with E-state index in [4.69, 9.17) is 0 Å². The van der Waals surface area contributed by atoms with Gasteiger partial charge in [-0.25, -0.2) is 9.37 Å². The fraction of sp³-hybridized carbons (Fsp3) is 0.133. The van der Waals surface area contributed by atoms with Gasteiger partial charge in [0.15, 0.2) is 0 Å². The van der Waals surface area contributed by atoms with Gasteiger partial charge in [0.2, 0.25) is 5.56 Å². The summed E-state index contributed by atoms with van der Waals surface area (Å²) >= 11 is 0. The molecule has 112 valence electrons. The highest BCUT2D eigenvalue weighted by molar-refractivity contribution is 6.05. The second-order valence-corrected chi connectivity index (χ2v) is 4.79. The number of aromatic nitrogens is 3. The third-order valence-electron chi connectivity index (χ3n) is 3.26. The Balaban J connectivity index is 1.83. The number of imidazole rings is 1. The molecule has 0 fully saturated rings. The first-order valence-corrected chi connectivity index (χ1v) is 6.70. The molecule has 2 N–H and O–H groups in total. The van der Waals surface area contributed by atoms with Crippen LogP contribution in [0.1, 0.15) is 10.4 Å². The van der Waals surface area contributed by atoms with Gasteiger partial charge < -0.3 is 14.9 Å². The lowest BCUT2D eigenvalue weighted by Crippen LogP contribution is -2.28. The van der Waals surface area contributed by atoms with Crippen LogP contribution in [0.25, 0.3) is 10.9 Å². The Kier molecular flexibility index (Phi) is 3.69. The minimum Gasteiger partial charge on any atom is -0.350 e. The van der Waals surface area contributed by atoms with Gasteiger partial charge in [-0.05, 0) is 18.2 Å². The lowest BCUT2D eigenvalue weighted by molar-refractivity contribution is 0.0954. The van der Waals surface area contributed by atoms with Crippen molar-refractivity contribution in [1.29, 1.82) is 0 Å². The monoisotopic (exact) mass is 300 g/mol. The van der Waals surface area contributed by atoms with Crippen molar-refractivity contribution in [2.24, 2.45) is 0 Å². The van der Waals surface area contributed by atoms with Crippen LogP contribution >= 0.6 is 0 Å². The van der Waals surface area contributed by atoms with E-state index in [2.05, 4.69) is 15.3 Å². The molecule has 0 aliphatic heterocycles. The summed E-state index contributed by atoms with van der Waals surface area (Å²) in [5.74, 6) is -0.881. The zero-order chi connectivity index (χ0) is 15.5. The van der Waals surface area contributed by atoms with Gasteiger partial charge in [0.25, 0.3) is 5.91 Å². The van der Waals surface area contributed by atoms with E-state index in [-0.39, 0.29) is 5.56 Å². The quantitative estimate of drug-likeness (QED) is 0.762. The predicted octanol–water partition coefficient (Wildman–Crippen LogP) is 1.29. The number of pyridine rings is 1. The number of nitrogens with zero attached hydrogens (tertiary/aromatic N) is 2. The van der Waals surface area contributed by atoms with Crippen molar-refractivity contribution in [1.82, 2.24) is 19.9 Å². The number of H-pyrrole nitrogens is 1. The van der Waals surface area contributed by atoms with Gasteiger partial charge in [0.1, 0.15) is 5.82 Å². The lowest BCUT2D eigenvalue weighted by atomic mass is 10.1. The fourth-order valence-electron chi connectivity index (χ4n) is 2.23. The molecule has 0 aliphatic carbocycles. The van der Waals surface area contributed by atoms with Gasteiger partial charge in [-0.2, -0.15) is 0 Å². The molecule has 3 aromatic rings. The summed E-state index contributed by atoms with van der Waals surface area (Å²) in [5, 5.41) is 3.09. The third-order valence-corrected chi connectivity index (χ3v) is 3.26. The van der Waals surface area contributed by atoms with Crippen molar-refractivity contribution in [3.05, 3.63) is 64.7 Å². The number of benzene rings is 1. The van der Waals surface area contributed by atoms with Crippen molar-refractivity contribution in [3.8, 4) is 0 Å². The molecule has 3 rings (SSSR count). The van der Waals surface area contributed by atoms with E-state index in [1.165, 1.54) is 24.3 Å². The molecule has 0 saturated heterocycles. The zero-order valence-electron chi connectivity index (χ0n) is 11.5. The topological polar surface area (TPSA) is 79.8 Å². The Bertz CT molecular complexity index is 871. The highest BCUT2D eigenvalue weighted by Gasteiger charge is 2.12. The van der Waals surface area contributed by atoms with E-state index in [0.717, 1.165) is 0 Å². The Morgan fingerprint density at radius 3 is 3.00 bits per heavy atom. The first kappa shape index (κ1) is 14.0. The molecule has 2 aromatic heterocycles. The van der Waals surface area contributed by atoms with Crippen LogP contribution in [0.15, 0.2) is 47.8 Å². The van der Waals surface area contributed by atoms with Crippen LogP contribution in [0, 0.1) is 5.82 Å². The van der Waals surface area contributed by atoms with Crippen molar-refractivity contribution < 1.29 is 9.18 Å². The molecule has 1 aromatic carbocycles. The summed E-state index contributed by atoms with van der Waals surface area (Å²) in [5.41, 5.74) is 0.177. The molecular formula is C15H13FN4O2. The summed E-state index contributed by atoms with van der Waals surface area (Å²) in [6.07, 6.45) is 5.07. The molecule has 0 spiro atoms. The molecular weight excluding hydrogens is 287 g/mol. The van der Waals surface area contributed by atoms with Crippen molar-refractivity contribution in [3.63, 3.8) is 0 Å². The number of halogens is 1. The van der Waals surface area contributed by atoms with Gasteiger partial charge in [0, 0.05) is 42.5 Å². The number of hydrogen-bond donors (Lipinski definition) is 2. The van der Waals surface area contributed by atoms with E-state index in [0.29, 0.717) is 24.0 Å². The van der Waals surface area contributed by atoms with Gasteiger partial charge in [-0.3, -0.25) is 9.59 Å². The van der Waals surface area contributed by atoms with E-state index in [1.54, 1.807) is 18.7 Å². The molecule has 0 aliphatic rings. The largest absolute Gasteiger partial charge is 0.350 e. The average molecular weight is 300 g/mol. The molecule has 22 heavy (non-hydrogen) atoms. The molecule has 1 amide bonds. The van der Waals surface area contributed by atoms with Crippen LogP contribution in [-0.4, -0.2) is 27.0 Å². The summed E-state index contributed by atoms with van der Waals surface area (Å²) in [7, 11) is 0. The smallest absolute Gasteiger partial charge is 0.252 e. The number of rotatable bonds is 4. The van der Waals surface area contributed by atoms with E-state index >= 15 is 0 Å². The average Bonchev–Trinajstić information content (AvgIpc) is 3.00. The highest BCUT2D eigenvalue weighted by Crippen LogP contribution is 2.16. The van der Waals surface area contributed by atoms with Crippen LogP contribution in [0.5, 0.6) is 0 Å². The molecule has 6 nitrogen and oxygen atoms in total. The number of amides is 1. The maximum Gasteiger partial charge on any atom is 0.252 e. The Morgan fingerprint density at radius 2 is 2.23 bits per heavy atom. The Morgan fingerprint density at radius 1 is 1.36 bits per heavy atom. The molecule has 7 heteroatoms. The molecule has 2 heterocycles. The summed E-state index contributed by atoms with van der Waals surface area (Å²) in [6.45, 7) is 0.931. The van der Waals surface area contributed by atoms with Crippen molar-refractivity contribution in [2.45, 2.75) is 6.54 Å². The first-order chi connectivity index (χ1) is 10.6. The van der Waals surface area contributed by atoms with Crippen LogP contribution in [0.3, 0.4) is 0 Å². The molecule has 0 radical (unpaired) electrons. The van der Waals surface area contributed by atoms with Gasteiger partial charge in [0.05, 0.1) is 11.9 Å². The maximum atomic E-state index is 13.4. The summed E-state index contributed by atoms with van der Waals surface area (Å²) in [4.78, 5) is 30.3. The van der Waals surface area contributed by atoms with Gasteiger partial charge in [-0.15, -0.1) is 0 Å². The van der Waals surface area contributed by atoms with Gasteiger partial charge in [-0.1, -0.05) is 0 Å². The van der Waals surface area contributed by atoms with Crippen molar-refractivity contribution >= 4 is 16.8 Å². The Labute approximate surface area is 124 Å². The maximum absolute atomic E-state index is 13.4. The summed E-state index contributed by atoms with van der Waals surface area (Å²) in [6, 6.07) is 5.08. The van der Waals surface area contributed by atoms with E-state index in [1.807, 2.05) is 4.57 Å². The van der Waals surface area contributed by atoms with Crippen LogP contribution in [-0.2, 0) is 6.54 Å². The SMILES string of the molecule is O=C(NCCn1ccnc1)c1cc(=O)[nH]c2ccc(F)cc12. The second kappa shape index (κ2) is 5.80. The number of carbonyl (C=O) groups is 1. The summed E-state index contributed by atoms with van der Waals surface area (Å²) < 4.78 is 15.2. The minimum atomic E-state index is -0.466. The number of carbonyl (C=O) groups excluding carboxylic acids is 1. The zero-order valence-corrected chi connectivity index (χ0v) is 11.5. The van der Waals surface area contributed by atoms with Crippen LogP contribution in [0.4, 0.5) is 4.39 Å². The number of fused-ring (bicyclic) bond motifs is 1. The molecule has 0 saturated carbocycles. The highest BCUT2D eigenvalue weighted by atomic mass is 19.1. The normalized spacial score (nSPS) is 10.8. The fourth-order valence-corrected chi connectivity index (χ4v) is 2.23. The van der Waals surface area contributed by atoms with Crippen molar-refractivity contribution in [2.75, 3.05) is 6.54 Å². The van der Waals surface area contributed by atoms with Gasteiger partial charge >= 0.3 is 0 Å². The number of aromatic amines is 1. The Hall–Kier alpha value is -2.96. The standard InChI is InChI=1S/C15H13FN4O2/c16-10-1-2-13-11(7-10)12(8-14(21)19-13)15(22)18-4-6-20-5-3-17-9-20/h1-3,5,7-9H,4,6H2,(H,18,22)(H,19,21). The minimum absolute atomic E-state index is 0.156. The number of nitrogens with one attached hydrogen (secondary N) is 2. The molecule has 0 atom stereocenters. The predicted molar refractivity (Wildman–Crippen MR) is 79.1 cm³/mol. The third kappa shape index (κ3) is 2.88.